The van der Waals surface area contributed by atoms with Crippen molar-refractivity contribution >= 4 is 28.8 Å². The molecule has 0 aliphatic carbocycles. The molecular formula is C26H28N4O3S. The number of carbonyl (C=O) groups is 2. The first-order chi connectivity index (χ1) is 16.4. The van der Waals surface area contributed by atoms with Crippen LogP contribution >= 0.6 is 11.8 Å². The molecule has 7 nitrogen and oxygen atoms in total. The van der Waals surface area contributed by atoms with E-state index in [-0.39, 0.29) is 12.3 Å². The van der Waals surface area contributed by atoms with Crippen molar-refractivity contribution in [1.29, 1.82) is 0 Å². The fourth-order valence-corrected chi connectivity index (χ4v) is 5.13. The maximum absolute atomic E-state index is 13.0. The van der Waals surface area contributed by atoms with Gasteiger partial charge in [-0.05, 0) is 48.4 Å². The first kappa shape index (κ1) is 23.8. The second-order valence-corrected chi connectivity index (χ2v) is 9.11. The maximum Gasteiger partial charge on any atom is 0.338 e. The maximum atomic E-state index is 13.0. The highest BCUT2D eigenvalue weighted by Gasteiger charge is 2.42. The molecule has 2 aliphatic heterocycles. The number of aromatic nitrogens is 1. The van der Waals surface area contributed by atoms with Gasteiger partial charge in [-0.15, -0.1) is 0 Å². The van der Waals surface area contributed by atoms with Gasteiger partial charge in [0.2, 0.25) is 5.91 Å². The van der Waals surface area contributed by atoms with E-state index in [2.05, 4.69) is 28.5 Å². The molecule has 8 heteroatoms. The highest BCUT2D eigenvalue weighted by atomic mass is 32.2. The summed E-state index contributed by atoms with van der Waals surface area (Å²) in [6.07, 6.45) is 4.21. The van der Waals surface area contributed by atoms with Crippen LogP contribution in [0, 0.1) is 13.8 Å². The quantitative estimate of drug-likeness (QED) is 0.591. The standard InChI is InChI=1S/C26H28N4O3S/c1-5-21-23(25(32)33-4)24(20-11-16(2)8-9-17(20)3)30-19(15-34-26(30)29-21)12-22(31)28-14-18-7-6-10-27-13-18/h6-11,13,15,24H,5,12,14H2,1-4H3,(H,28,31)/t24-/m0/s1. The van der Waals surface area contributed by atoms with Gasteiger partial charge in [0.05, 0.1) is 30.8 Å². The summed E-state index contributed by atoms with van der Waals surface area (Å²) in [6, 6.07) is 9.56. The third-order valence-electron chi connectivity index (χ3n) is 5.91. The number of thioether (sulfide) groups is 1. The van der Waals surface area contributed by atoms with Crippen molar-refractivity contribution in [2.45, 2.75) is 46.2 Å². The predicted octanol–water partition coefficient (Wildman–Crippen LogP) is 4.54. The van der Waals surface area contributed by atoms with Gasteiger partial charge in [0.25, 0.3) is 0 Å². The summed E-state index contributed by atoms with van der Waals surface area (Å²) in [7, 11) is 1.39. The number of esters is 1. The number of nitrogens with zero attached hydrogens (tertiary/aromatic N) is 3. The zero-order chi connectivity index (χ0) is 24.2. The number of nitrogens with one attached hydrogen (secondary N) is 1. The highest BCUT2D eigenvalue weighted by molar-refractivity contribution is 8.16. The van der Waals surface area contributed by atoms with Gasteiger partial charge < -0.3 is 15.0 Å². The van der Waals surface area contributed by atoms with Gasteiger partial charge in [0.15, 0.2) is 5.17 Å². The number of benzene rings is 1. The molecule has 1 amide bonds. The summed E-state index contributed by atoms with van der Waals surface area (Å²) >= 11 is 1.48. The van der Waals surface area contributed by atoms with Gasteiger partial charge in [-0.1, -0.05) is 48.5 Å². The Bertz CT molecular complexity index is 1200. The molecule has 2 aliphatic rings. The van der Waals surface area contributed by atoms with Crippen molar-refractivity contribution in [2.75, 3.05) is 7.11 Å². The van der Waals surface area contributed by atoms with Gasteiger partial charge in [-0.25, -0.2) is 9.79 Å². The normalized spacial score (nSPS) is 17.2. The van der Waals surface area contributed by atoms with E-state index in [0.717, 1.165) is 33.1 Å². The lowest BCUT2D eigenvalue weighted by atomic mass is 9.89. The van der Waals surface area contributed by atoms with Crippen LogP contribution in [0.2, 0.25) is 0 Å². The number of aryl methyl sites for hydroxylation is 2. The van der Waals surface area contributed by atoms with Gasteiger partial charge in [0.1, 0.15) is 0 Å². The second kappa shape index (κ2) is 10.3. The molecule has 1 N–H and O–H groups in total. The van der Waals surface area contributed by atoms with Crippen molar-refractivity contribution < 1.29 is 14.3 Å². The molecule has 4 rings (SSSR count). The summed E-state index contributed by atoms with van der Waals surface area (Å²) in [4.78, 5) is 36.7. The van der Waals surface area contributed by atoms with E-state index in [1.807, 2.05) is 43.2 Å². The number of carbonyl (C=O) groups excluding carboxylic acids is 2. The Morgan fingerprint density at radius 3 is 2.76 bits per heavy atom. The van der Waals surface area contributed by atoms with E-state index in [1.54, 1.807) is 12.4 Å². The average molecular weight is 477 g/mol. The van der Waals surface area contributed by atoms with Crippen molar-refractivity contribution in [1.82, 2.24) is 15.2 Å². The van der Waals surface area contributed by atoms with Gasteiger partial charge in [-0.2, -0.15) is 0 Å². The van der Waals surface area contributed by atoms with Crippen LogP contribution in [-0.2, 0) is 20.9 Å². The molecule has 1 aromatic heterocycles. The summed E-state index contributed by atoms with van der Waals surface area (Å²) in [5, 5.41) is 5.68. The zero-order valence-electron chi connectivity index (χ0n) is 19.8. The smallest absolute Gasteiger partial charge is 0.338 e. The highest BCUT2D eigenvalue weighted by Crippen LogP contribution is 2.46. The molecule has 0 saturated heterocycles. The van der Waals surface area contributed by atoms with E-state index >= 15 is 0 Å². The Labute approximate surface area is 204 Å². The number of amidine groups is 1. The zero-order valence-corrected chi connectivity index (χ0v) is 20.6. The Hall–Kier alpha value is -3.39. The SMILES string of the molecule is CCC1=C(C(=O)OC)[C@H](c2cc(C)ccc2C)N2C(CC(=O)NCc3cccnc3)=CSC2=N1. The van der Waals surface area contributed by atoms with Crippen LogP contribution in [-0.4, -0.2) is 34.0 Å². The average Bonchev–Trinajstić information content (AvgIpc) is 3.25. The molecule has 0 bridgehead atoms. The van der Waals surface area contributed by atoms with E-state index in [4.69, 9.17) is 9.73 Å². The first-order valence-corrected chi connectivity index (χ1v) is 12.1. The Balaban J connectivity index is 1.67. The number of rotatable bonds is 7. The number of pyridine rings is 1. The predicted molar refractivity (Wildman–Crippen MR) is 134 cm³/mol. The van der Waals surface area contributed by atoms with Crippen LogP contribution in [0.25, 0.3) is 0 Å². The monoisotopic (exact) mass is 476 g/mol. The molecule has 1 atom stereocenters. The Morgan fingerprint density at radius 2 is 2.06 bits per heavy atom. The van der Waals surface area contributed by atoms with Crippen LogP contribution in [0.15, 0.2) is 70.1 Å². The number of fused-ring (bicyclic) bond motifs is 1. The summed E-state index contributed by atoms with van der Waals surface area (Å²) in [6.45, 7) is 6.46. The molecule has 0 spiro atoms. The van der Waals surface area contributed by atoms with E-state index in [9.17, 15) is 9.59 Å². The fraction of sp³-hybridized carbons (Fsp3) is 0.308. The van der Waals surface area contributed by atoms with E-state index in [1.165, 1.54) is 18.9 Å². The number of ether oxygens (including phenoxy) is 1. The molecule has 34 heavy (non-hydrogen) atoms. The third kappa shape index (κ3) is 4.77. The lowest BCUT2D eigenvalue weighted by Gasteiger charge is -2.37. The second-order valence-electron chi connectivity index (χ2n) is 8.27. The molecule has 0 fully saturated rings. The van der Waals surface area contributed by atoms with Crippen molar-refractivity contribution in [3.63, 3.8) is 0 Å². The fourth-order valence-electron chi connectivity index (χ4n) is 4.19. The molecule has 0 radical (unpaired) electrons. The van der Waals surface area contributed by atoms with Crippen molar-refractivity contribution in [3.8, 4) is 0 Å². The molecule has 2 aromatic rings. The van der Waals surface area contributed by atoms with Crippen LogP contribution < -0.4 is 5.32 Å². The summed E-state index contributed by atoms with van der Waals surface area (Å²) in [5.41, 5.74) is 6.13. The third-order valence-corrected chi connectivity index (χ3v) is 6.80. The number of allylic oxidation sites excluding steroid dienone is 1. The van der Waals surface area contributed by atoms with Crippen molar-refractivity contribution in [3.05, 3.63) is 87.4 Å². The number of aliphatic imine (C=N–C) groups is 1. The lowest BCUT2D eigenvalue weighted by Crippen LogP contribution is -2.38. The molecule has 0 unspecified atom stereocenters. The van der Waals surface area contributed by atoms with Crippen LogP contribution in [0.5, 0.6) is 0 Å². The van der Waals surface area contributed by atoms with E-state index < -0.39 is 12.0 Å². The molecule has 1 aromatic carbocycles. The Morgan fingerprint density at radius 1 is 1.24 bits per heavy atom. The molecule has 176 valence electrons. The minimum absolute atomic E-state index is 0.110. The van der Waals surface area contributed by atoms with Gasteiger partial charge in [0, 0.05) is 24.6 Å². The molecule has 0 saturated carbocycles. The van der Waals surface area contributed by atoms with Crippen LogP contribution in [0.4, 0.5) is 0 Å². The van der Waals surface area contributed by atoms with Gasteiger partial charge >= 0.3 is 5.97 Å². The minimum Gasteiger partial charge on any atom is -0.466 e. The molecule has 3 heterocycles. The van der Waals surface area contributed by atoms with Crippen molar-refractivity contribution in [2.24, 2.45) is 4.99 Å². The van der Waals surface area contributed by atoms with Crippen LogP contribution in [0.3, 0.4) is 0 Å². The lowest BCUT2D eigenvalue weighted by molar-refractivity contribution is -0.136. The first-order valence-electron chi connectivity index (χ1n) is 11.2. The number of amides is 1. The Kier molecular flexibility index (Phi) is 7.17. The topological polar surface area (TPSA) is 83.9 Å². The number of hydrogen-bond donors (Lipinski definition) is 1. The van der Waals surface area contributed by atoms with Gasteiger partial charge in [-0.3, -0.25) is 9.78 Å². The number of methoxy groups -OCH3 is 1. The molecular weight excluding hydrogens is 448 g/mol. The van der Waals surface area contributed by atoms with Crippen LogP contribution in [0.1, 0.15) is 48.1 Å². The summed E-state index contributed by atoms with van der Waals surface area (Å²) in [5.74, 6) is -0.510. The van der Waals surface area contributed by atoms with E-state index in [0.29, 0.717) is 24.2 Å². The summed E-state index contributed by atoms with van der Waals surface area (Å²) < 4.78 is 5.19. The minimum atomic E-state index is -0.415. The largest absolute Gasteiger partial charge is 0.466 e. The number of hydrogen-bond acceptors (Lipinski definition) is 7.